The van der Waals surface area contributed by atoms with Gasteiger partial charge >= 0.3 is 0 Å². The normalized spacial score (nSPS) is 10.2. The van der Waals surface area contributed by atoms with Crippen LogP contribution in [0.3, 0.4) is 0 Å². The van der Waals surface area contributed by atoms with Crippen LogP contribution < -0.4 is 5.73 Å². The number of nitrogens with two attached hydrogens (primary N) is 1. The first kappa shape index (κ1) is 20.0. The number of thiophene rings is 1. The molecule has 2 rings (SSSR count). The van der Waals surface area contributed by atoms with E-state index in [2.05, 4.69) is 12.1 Å². The van der Waals surface area contributed by atoms with E-state index in [-0.39, 0.29) is 18.3 Å². The summed E-state index contributed by atoms with van der Waals surface area (Å²) in [6, 6.07) is 14.1. The minimum Gasteiger partial charge on any atom is -0.341 e. The van der Waals surface area contributed by atoms with E-state index in [1.54, 1.807) is 0 Å². The van der Waals surface area contributed by atoms with Crippen molar-refractivity contribution in [3.8, 4) is 0 Å². The molecule has 1 aromatic carbocycles. The maximum absolute atomic E-state index is 12.4. The molecule has 6 heteroatoms. The fraction of sp³-hybridized carbons (Fsp3) is 0.353. The lowest BCUT2D eigenvalue weighted by Crippen LogP contribution is -2.37. The molecule has 0 bridgehead atoms. The van der Waals surface area contributed by atoms with Crippen molar-refractivity contribution in [1.29, 1.82) is 0 Å². The number of rotatable bonds is 8. The Morgan fingerprint density at radius 1 is 1.09 bits per heavy atom. The molecule has 3 nitrogen and oxygen atoms in total. The van der Waals surface area contributed by atoms with E-state index in [0.29, 0.717) is 26.1 Å². The zero-order chi connectivity index (χ0) is 15.8. The average Bonchev–Trinajstić information content (AvgIpc) is 2.95. The van der Waals surface area contributed by atoms with Crippen LogP contribution >= 0.6 is 35.3 Å². The smallest absolute Gasteiger partial charge is 0.222 e. The van der Waals surface area contributed by atoms with Crippen LogP contribution in [0.15, 0.2) is 42.5 Å². The van der Waals surface area contributed by atoms with Gasteiger partial charge < -0.3 is 10.6 Å². The highest BCUT2D eigenvalue weighted by molar-refractivity contribution is 7.16. The highest BCUT2D eigenvalue weighted by Crippen LogP contribution is 2.22. The van der Waals surface area contributed by atoms with Crippen molar-refractivity contribution in [3.63, 3.8) is 0 Å². The minimum absolute atomic E-state index is 0. The summed E-state index contributed by atoms with van der Waals surface area (Å²) in [5.74, 6) is 0.158. The number of hydrogen-bond acceptors (Lipinski definition) is 3. The van der Waals surface area contributed by atoms with Crippen LogP contribution in [0.5, 0.6) is 0 Å². The summed E-state index contributed by atoms with van der Waals surface area (Å²) in [5.41, 5.74) is 6.88. The second-order valence-electron chi connectivity index (χ2n) is 5.11. The van der Waals surface area contributed by atoms with Gasteiger partial charge in [-0.3, -0.25) is 4.79 Å². The third-order valence-electron chi connectivity index (χ3n) is 3.48. The Morgan fingerprint density at radius 2 is 1.83 bits per heavy atom. The van der Waals surface area contributed by atoms with Gasteiger partial charge in [0.1, 0.15) is 0 Å². The molecule has 1 aromatic heterocycles. The maximum atomic E-state index is 12.4. The van der Waals surface area contributed by atoms with Gasteiger partial charge in [-0.1, -0.05) is 41.9 Å². The summed E-state index contributed by atoms with van der Waals surface area (Å²) in [6.07, 6.45) is 2.10. The zero-order valence-corrected chi connectivity index (χ0v) is 15.3. The third-order valence-corrected chi connectivity index (χ3v) is 4.77. The monoisotopic (exact) mass is 372 g/mol. The van der Waals surface area contributed by atoms with Crippen molar-refractivity contribution in [3.05, 3.63) is 57.2 Å². The number of halogens is 2. The molecule has 0 aliphatic heterocycles. The summed E-state index contributed by atoms with van der Waals surface area (Å²) in [5, 5.41) is 0. The van der Waals surface area contributed by atoms with Gasteiger partial charge in [0.2, 0.25) is 5.91 Å². The maximum Gasteiger partial charge on any atom is 0.222 e. The quantitative estimate of drug-likeness (QED) is 0.765. The number of benzene rings is 1. The molecule has 1 heterocycles. The standard InChI is InChI=1S/C17H21ClN2OS.ClH/c18-16-8-6-15(22-16)7-9-17(21)20(13-11-19)12-10-14-4-2-1-3-5-14;/h1-6,8H,7,9-13,19H2;1H. The molecule has 0 spiro atoms. The van der Waals surface area contributed by atoms with Crippen molar-refractivity contribution >= 4 is 41.3 Å². The molecule has 0 fully saturated rings. The molecule has 0 saturated carbocycles. The molecule has 1 amide bonds. The summed E-state index contributed by atoms with van der Waals surface area (Å²) in [7, 11) is 0. The Bertz CT molecular complexity index is 589. The van der Waals surface area contributed by atoms with Crippen LogP contribution in [0.25, 0.3) is 0 Å². The zero-order valence-electron chi connectivity index (χ0n) is 12.9. The lowest BCUT2D eigenvalue weighted by atomic mass is 10.1. The average molecular weight is 373 g/mol. The number of carbonyl (C=O) groups excluding carboxylic acids is 1. The summed E-state index contributed by atoms with van der Waals surface area (Å²) in [6.45, 7) is 1.81. The molecule has 0 saturated heterocycles. The van der Waals surface area contributed by atoms with E-state index in [0.717, 1.165) is 22.1 Å². The van der Waals surface area contributed by atoms with Gasteiger partial charge in [0.15, 0.2) is 0 Å². The lowest BCUT2D eigenvalue weighted by Gasteiger charge is -2.22. The van der Waals surface area contributed by atoms with Crippen LogP contribution in [-0.4, -0.2) is 30.4 Å². The van der Waals surface area contributed by atoms with Crippen molar-refractivity contribution in [2.75, 3.05) is 19.6 Å². The molecule has 0 unspecified atom stereocenters. The Balaban J connectivity index is 0.00000264. The first-order chi connectivity index (χ1) is 10.7. The van der Waals surface area contributed by atoms with Crippen LogP contribution in [0, 0.1) is 0 Å². The highest BCUT2D eigenvalue weighted by Gasteiger charge is 2.13. The SMILES string of the molecule is Cl.NCCN(CCc1ccccc1)C(=O)CCc1ccc(Cl)s1. The van der Waals surface area contributed by atoms with Gasteiger partial charge in [-0.05, 0) is 30.5 Å². The Hall–Kier alpha value is -1.07. The van der Waals surface area contributed by atoms with Crippen molar-refractivity contribution in [2.24, 2.45) is 5.73 Å². The van der Waals surface area contributed by atoms with Crippen molar-refractivity contribution < 1.29 is 4.79 Å². The number of aryl methyl sites for hydroxylation is 1. The topological polar surface area (TPSA) is 46.3 Å². The summed E-state index contributed by atoms with van der Waals surface area (Å²) in [4.78, 5) is 15.4. The van der Waals surface area contributed by atoms with Gasteiger partial charge in [-0.2, -0.15) is 0 Å². The number of hydrogen-bond donors (Lipinski definition) is 1. The van der Waals surface area contributed by atoms with Crippen LogP contribution in [0.1, 0.15) is 16.9 Å². The fourth-order valence-electron chi connectivity index (χ4n) is 2.30. The Morgan fingerprint density at radius 3 is 2.43 bits per heavy atom. The number of amides is 1. The molecule has 0 atom stereocenters. The lowest BCUT2D eigenvalue weighted by molar-refractivity contribution is -0.131. The summed E-state index contributed by atoms with van der Waals surface area (Å²) < 4.78 is 0.769. The van der Waals surface area contributed by atoms with E-state index in [1.165, 1.54) is 16.9 Å². The highest BCUT2D eigenvalue weighted by atomic mass is 35.5. The largest absolute Gasteiger partial charge is 0.341 e. The predicted octanol–water partition coefficient (Wildman–Crippen LogP) is 3.79. The van der Waals surface area contributed by atoms with Gasteiger partial charge in [0.05, 0.1) is 4.34 Å². The van der Waals surface area contributed by atoms with Crippen LogP contribution in [0.4, 0.5) is 0 Å². The third kappa shape index (κ3) is 6.92. The Labute approximate surface area is 152 Å². The first-order valence-corrected chi connectivity index (χ1v) is 8.64. The number of nitrogens with zero attached hydrogens (tertiary/aromatic N) is 1. The van der Waals surface area contributed by atoms with Crippen molar-refractivity contribution in [2.45, 2.75) is 19.3 Å². The first-order valence-electron chi connectivity index (χ1n) is 7.45. The van der Waals surface area contributed by atoms with E-state index < -0.39 is 0 Å². The molecule has 126 valence electrons. The molecular formula is C17H22Cl2N2OS. The molecule has 2 aromatic rings. The second kappa shape index (κ2) is 10.7. The van der Waals surface area contributed by atoms with E-state index >= 15 is 0 Å². The van der Waals surface area contributed by atoms with Gasteiger partial charge in [0, 0.05) is 30.9 Å². The fourth-order valence-corrected chi connectivity index (χ4v) is 3.39. The van der Waals surface area contributed by atoms with Crippen LogP contribution in [0.2, 0.25) is 4.34 Å². The molecule has 0 radical (unpaired) electrons. The number of carbonyl (C=O) groups is 1. The van der Waals surface area contributed by atoms with Crippen LogP contribution in [-0.2, 0) is 17.6 Å². The van der Waals surface area contributed by atoms with E-state index in [4.69, 9.17) is 17.3 Å². The van der Waals surface area contributed by atoms with Gasteiger partial charge in [-0.15, -0.1) is 23.7 Å². The molecule has 0 aliphatic carbocycles. The minimum atomic E-state index is 0. The van der Waals surface area contributed by atoms with Crippen molar-refractivity contribution in [1.82, 2.24) is 4.90 Å². The predicted molar refractivity (Wildman–Crippen MR) is 101 cm³/mol. The van der Waals surface area contributed by atoms with E-state index in [9.17, 15) is 4.79 Å². The second-order valence-corrected chi connectivity index (χ2v) is 6.91. The van der Waals surface area contributed by atoms with E-state index in [1.807, 2.05) is 35.2 Å². The van der Waals surface area contributed by atoms with Gasteiger partial charge in [0.25, 0.3) is 0 Å². The molecular weight excluding hydrogens is 351 g/mol. The summed E-state index contributed by atoms with van der Waals surface area (Å²) >= 11 is 7.45. The molecule has 2 N–H and O–H groups in total. The van der Waals surface area contributed by atoms with Gasteiger partial charge in [-0.25, -0.2) is 0 Å². The molecule has 23 heavy (non-hydrogen) atoms. The molecule has 0 aliphatic rings. The Kier molecular flexibility index (Phi) is 9.26.